The van der Waals surface area contributed by atoms with Crippen LogP contribution in [-0.2, 0) is 9.59 Å². The molecule has 0 aliphatic carbocycles. The van der Waals surface area contributed by atoms with Crippen molar-refractivity contribution in [3.05, 3.63) is 54.6 Å². The van der Waals surface area contributed by atoms with Crippen LogP contribution in [0.25, 0.3) is 21.8 Å². The van der Waals surface area contributed by atoms with E-state index in [1.54, 1.807) is 0 Å². The van der Waals surface area contributed by atoms with Crippen molar-refractivity contribution in [1.29, 1.82) is 0 Å². The molecule has 2 heterocycles. The van der Waals surface area contributed by atoms with Crippen LogP contribution < -0.4 is 0 Å². The molecule has 0 unspecified atom stereocenters. The molecule has 4 rings (SSSR count). The lowest BCUT2D eigenvalue weighted by Crippen LogP contribution is -2.24. The Morgan fingerprint density at radius 3 is 1.68 bits per heavy atom. The zero-order valence-corrected chi connectivity index (χ0v) is 11.8. The van der Waals surface area contributed by atoms with Crippen molar-refractivity contribution >= 4 is 33.6 Å². The number of benzene rings is 2. The highest BCUT2D eigenvalue weighted by Crippen LogP contribution is 2.18. The third kappa shape index (κ3) is 2.80. The van der Waals surface area contributed by atoms with E-state index < -0.39 is 11.8 Å². The van der Waals surface area contributed by atoms with Crippen molar-refractivity contribution in [2.24, 2.45) is 0 Å². The van der Waals surface area contributed by atoms with E-state index in [4.69, 9.17) is 5.21 Å². The van der Waals surface area contributed by atoms with Crippen LogP contribution in [0.2, 0.25) is 0 Å². The second-order valence-electron chi connectivity index (χ2n) is 4.97. The Hall–Kier alpha value is -2.79. The summed E-state index contributed by atoms with van der Waals surface area (Å²) in [5.41, 5.74) is 2.12. The summed E-state index contributed by atoms with van der Waals surface area (Å²) in [6.45, 7) is 0. The number of hydrogen-bond donors (Lipinski definition) is 1. The molecular formula is C17H14N2O3. The first-order valence-electron chi connectivity index (χ1n) is 6.94. The van der Waals surface area contributed by atoms with Gasteiger partial charge in [-0.2, -0.15) is 5.06 Å². The Bertz CT molecular complexity index is 740. The number of imide groups is 1. The van der Waals surface area contributed by atoms with Crippen molar-refractivity contribution in [3.8, 4) is 0 Å². The van der Waals surface area contributed by atoms with E-state index in [1.807, 2.05) is 36.4 Å². The Labute approximate surface area is 126 Å². The van der Waals surface area contributed by atoms with Gasteiger partial charge in [-0.25, -0.2) is 4.98 Å². The third-order valence-corrected chi connectivity index (χ3v) is 3.45. The van der Waals surface area contributed by atoms with Crippen LogP contribution in [0.5, 0.6) is 0 Å². The predicted octanol–water partition coefficient (Wildman–Crippen LogP) is 2.91. The molecule has 1 aliphatic rings. The van der Waals surface area contributed by atoms with Crippen LogP contribution >= 0.6 is 0 Å². The van der Waals surface area contributed by atoms with E-state index in [0.29, 0.717) is 0 Å². The summed E-state index contributed by atoms with van der Waals surface area (Å²) in [4.78, 5) is 25.1. The van der Waals surface area contributed by atoms with Crippen LogP contribution in [0, 0.1) is 0 Å². The second kappa shape index (κ2) is 5.91. The SMILES string of the molecule is O=C1CCC(=O)N1O.c1ccc2nc3ccccc3cc2c1. The average Bonchev–Trinajstić information content (AvgIpc) is 2.84. The number of carbonyl (C=O) groups excluding carboxylic acids is 2. The van der Waals surface area contributed by atoms with Gasteiger partial charge in [0.1, 0.15) is 0 Å². The highest BCUT2D eigenvalue weighted by atomic mass is 16.5. The molecule has 0 radical (unpaired) electrons. The van der Waals surface area contributed by atoms with Crippen LogP contribution in [0.15, 0.2) is 54.6 Å². The lowest BCUT2D eigenvalue weighted by Gasteiger charge is -1.99. The molecule has 0 bridgehead atoms. The first-order chi connectivity index (χ1) is 10.6. The predicted molar refractivity (Wildman–Crippen MR) is 82.1 cm³/mol. The molecular weight excluding hydrogens is 280 g/mol. The molecule has 3 aromatic rings. The van der Waals surface area contributed by atoms with E-state index in [0.717, 1.165) is 11.0 Å². The van der Waals surface area contributed by atoms with E-state index >= 15 is 0 Å². The first kappa shape index (κ1) is 14.2. The maximum absolute atomic E-state index is 10.2. The van der Waals surface area contributed by atoms with Gasteiger partial charge in [0.25, 0.3) is 11.8 Å². The molecule has 5 nitrogen and oxygen atoms in total. The fourth-order valence-corrected chi connectivity index (χ4v) is 2.28. The summed E-state index contributed by atoms with van der Waals surface area (Å²) in [6, 6.07) is 18.6. The smallest absolute Gasteiger partial charge is 0.253 e. The van der Waals surface area contributed by atoms with Crippen LogP contribution in [-0.4, -0.2) is 27.1 Å². The number of hydrogen-bond acceptors (Lipinski definition) is 4. The number of aromatic nitrogens is 1. The second-order valence-corrected chi connectivity index (χ2v) is 4.97. The maximum atomic E-state index is 10.2. The summed E-state index contributed by atoms with van der Waals surface area (Å²) >= 11 is 0. The van der Waals surface area contributed by atoms with Gasteiger partial charge in [0.15, 0.2) is 0 Å². The van der Waals surface area contributed by atoms with Crippen molar-refractivity contribution in [3.63, 3.8) is 0 Å². The van der Waals surface area contributed by atoms with Gasteiger partial charge in [0, 0.05) is 23.6 Å². The highest BCUT2D eigenvalue weighted by molar-refractivity contribution is 6.00. The summed E-state index contributed by atoms with van der Waals surface area (Å²) in [6.07, 6.45) is 0.296. The van der Waals surface area contributed by atoms with Crippen molar-refractivity contribution in [1.82, 2.24) is 10.0 Å². The Morgan fingerprint density at radius 1 is 0.818 bits per heavy atom. The normalized spacial score (nSPS) is 14.3. The van der Waals surface area contributed by atoms with Gasteiger partial charge in [-0.15, -0.1) is 0 Å². The van der Waals surface area contributed by atoms with Gasteiger partial charge in [-0.3, -0.25) is 14.8 Å². The van der Waals surface area contributed by atoms with Crippen molar-refractivity contribution in [2.75, 3.05) is 0 Å². The summed E-state index contributed by atoms with van der Waals surface area (Å²) in [5, 5.41) is 11.0. The molecule has 1 aliphatic heterocycles. The number of carbonyl (C=O) groups is 2. The zero-order chi connectivity index (χ0) is 15.5. The van der Waals surface area contributed by atoms with Gasteiger partial charge in [0.2, 0.25) is 0 Å². The van der Waals surface area contributed by atoms with E-state index in [9.17, 15) is 9.59 Å². The molecule has 1 aromatic heterocycles. The minimum atomic E-state index is -0.505. The van der Waals surface area contributed by atoms with Crippen LogP contribution in [0.3, 0.4) is 0 Å². The van der Waals surface area contributed by atoms with Gasteiger partial charge >= 0.3 is 0 Å². The van der Waals surface area contributed by atoms with Crippen LogP contribution in [0.1, 0.15) is 12.8 Å². The minimum Gasteiger partial charge on any atom is -0.279 e. The molecule has 0 spiro atoms. The number of pyridine rings is 1. The lowest BCUT2D eigenvalue weighted by molar-refractivity contribution is -0.171. The number of nitrogens with zero attached hydrogens (tertiary/aromatic N) is 2. The third-order valence-electron chi connectivity index (χ3n) is 3.45. The number of amides is 2. The summed E-state index contributed by atoms with van der Waals surface area (Å²) in [5.74, 6) is -1.01. The fourth-order valence-electron chi connectivity index (χ4n) is 2.28. The Morgan fingerprint density at radius 2 is 1.27 bits per heavy atom. The summed E-state index contributed by atoms with van der Waals surface area (Å²) in [7, 11) is 0. The Kier molecular flexibility index (Phi) is 3.80. The van der Waals surface area contributed by atoms with Crippen LogP contribution in [0.4, 0.5) is 0 Å². The standard InChI is InChI=1S/C13H9N.C4H5NO3/c1-3-7-12-10(5-1)9-11-6-2-4-8-13(11)14-12;6-3-1-2-4(7)5(3)8/h1-9H;8H,1-2H2. The van der Waals surface area contributed by atoms with E-state index in [-0.39, 0.29) is 17.9 Å². The zero-order valence-electron chi connectivity index (χ0n) is 11.8. The van der Waals surface area contributed by atoms with Gasteiger partial charge < -0.3 is 0 Å². The molecule has 1 saturated heterocycles. The number of para-hydroxylation sites is 2. The van der Waals surface area contributed by atoms with Gasteiger partial charge in [-0.1, -0.05) is 36.4 Å². The van der Waals surface area contributed by atoms with Gasteiger partial charge in [0.05, 0.1) is 11.0 Å². The quantitative estimate of drug-likeness (QED) is 0.393. The number of rotatable bonds is 0. The topological polar surface area (TPSA) is 70.5 Å². The maximum Gasteiger partial charge on any atom is 0.253 e. The average molecular weight is 294 g/mol. The molecule has 1 N–H and O–H groups in total. The first-order valence-corrected chi connectivity index (χ1v) is 6.94. The lowest BCUT2D eigenvalue weighted by atomic mass is 10.1. The van der Waals surface area contributed by atoms with Crippen molar-refractivity contribution in [2.45, 2.75) is 12.8 Å². The molecule has 5 heteroatoms. The van der Waals surface area contributed by atoms with Crippen molar-refractivity contribution < 1.29 is 14.8 Å². The Balaban J connectivity index is 0.000000154. The molecule has 0 saturated carbocycles. The highest BCUT2D eigenvalue weighted by Gasteiger charge is 2.26. The largest absolute Gasteiger partial charge is 0.279 e. The van der Waals surface area contributed by atoms with Gasteiger partial charge in [-0.05, 0) is 18.2 Å². The minimum absolute atomic E-state index is 0.148. The molecule has 0 atom stereocenters. The number of hydroxylamine groups is 2. The fraction of sp³-hybridized carbons (Fsp3) is 0.118. The molecule has 22 heavy (non-hydrogen) atoms. The molecule has 2 amide bonds. The molecule has 2 aromatic carbocycles. The summed E-state index contributed by atoms with van der Waals surface area (Å²) < 4.78 is 0. The number of fused-ring (bicyclic) bond motifs is 2. The molecule has 110 valence electrons. The monoisotopic (exact) mass is 294 g/mol. The molecule has 1 fully saturated rings. The van der Waals surface area contributed by atoms with E-state index in [1.165, 1.54) is 10.8 Å². The van der Waals surface area contributed by atoms with E-state index in [2.05, 4.69) is 23.2 Å².